The van der Waals surface area contributed by atoms with E-state index < -0.39 is 0 Å². The van der Waals surface area contributed by atoms with Crippen LogP contribution in [0.2, 0.25) is 0 Å². The molecule has 3 rings (SSSR count). The van der Waals surface area contributed by atoms with Gasteiger partial charge in [0.25, 0.3) is 0 Å². The van der Waals surface area contributed by atoms with Crippen molar-refractivity contribution in [2.45, 2.75) is 32.9 Å². The molecule has 2 heterocycles. The van der Waals surface area contributed by atoms with E-state index in [1.165, 1.54) is 11.3 Å². The maximum atomic E-state index is 4.91. The average Bonchev–Trinajstić information content (AvgIpc) is 2.86. The van der Waals surface area contributed by atoms with Crippen LogP contribution >= 0.6 is 0 Å². The Morgan fingerprint density at radius 3 is 2.50 bits per heavy atom. The van der Waals surface area contributed by atoms with Crippen molar-refractivity contribution in [2.24, 2.45) is 0 Å². The molecule has 1 aromatic carbocycles. The maximum Gasteiger partial charge on any atom is 0.127 e. The lowest BCUT2D eigenvalue weighted by Crippen LogP contribution is -2.45. The largest absolute Gasteiger partial charge is 0.324 e. The van der Waals surface area contributed by atoms with E-state index in [4.69, 9.17) is 4.98 Å². The molecular formula is C16H24N4. The van der Waals surface area contributed by atoms with Crippen LogP contribution in [-0.2, 0) is 0 Å². The molecule has 2 aromatic rings. The number of aromatic nitrogens is 2. The summed E-state index contributed by atoms with van der Waals surface area (Å²) in [5.74, 6) is 1.20. The molecule has 4 nitrogen and oxygen atoms in total. The van der Waals surface area contributed by atoms with Crippen LogP contribution in [-0.4, -0.2) is 40.6 Å². The Bertz CT molecular complexity index is 581. The smallest absolute Gasteiger partial charge is 0.127 e. The van der Waals surface area contributed by atoms with Gasteiger partial charge in [0.2, 0.25) is 0 Å². The standard InChI is InChI=1S/C16H24N4/c1-12(2)20-15-7-5-4-6-14(15)18-16(20)13(3)19-10-8-17-9-11-19/h4-7,12-13,17H,8-11H2,1-3H3. The van der Waals surface area contributed by atoms with Crippen LogP contribution in [0.4, 0.5) is 0 Å². The van der Waals surface area contributed by atoms with Gasteiger partial charge >= 0.3 is 0 Å². The third-order valence-electron chi connectivity index (χ3n) is 4.21. The number of benzene rings is 1. The Labute approximate surface area is 120 Å². The zero-order valence-electron chi connectivity index (χ0n) is 12.6. The molecule has 1 aromatic heterocycles. The minimum Gasteiger partial charge on any atom is -0.324 e. The summed E-state index contributed by atoms with van der Waals surface area (Å²) < 4.78 is 2.39. The molecule has 0 aliphatic carbocycles. The fraction of sp³-hybridized carbons (Fsp3) is 0.562. The number of imidazole rings is 1. The monoisotopic (exact) mass is 272 g/mol. The minimum atomic E-state index is 0.368. The maximum absolute atomic E-state index is 4.91. The van der Waals surface area contributed by atoms with Crippen molar-refractivity contribution in [3.8, 4) is 0 Å². The van der Waals surface area contributed by atoms with Crippen molar-refractivity contribution in [1.82, 2.24) is 19.8 Å². The molecular weight excluding hydrogens is 248 g/mol. The van der Waals surface area contributed by atoms with Gasteiger partial charge in [-0.25, -0.2) is 4.98 Å². The first-order valence-electron chi connectivity index (χ1n) is 7.60. The summed E-state index contributed by atoms with van der Waals surface area (Å²) in [5, 5.41) is 3.42. The Balaban J connectivity index is 2.03. The molecule has 20 heavy (non-hydrogen) atoms. The highest BCUT2D eigenvalue weighted by atomic mass is 15.2. The van der Waals surface area contributed by atoms with E-state index in [1.807, 2.05) is 0 Å². The number of nitrogens with one attached hydrogen (secondary N) is 1. The molecule has 0 amide bonds. The molecule has 1 atom stereocenters. The number of hydrogen-bond donors (Lipinski definition) is 1. The van der Waals surface area contributed by atoms with Gasteiger partial charge in [-0.1, -0.05) is 12.1 Å². The third kappa shape index (κ3) is 2.34. The van der Waals surface area contributed by atoms with E-state index in [-0.39, 0.29) is 0 Å². The second-order valence-corrected chi connectivity index (χ2v) is 5.88. The van der Waals surface area contributed by atoms with E-state index in [1.54, 1.807) is 0 Å². The Morgan fingerprint density at radius 1 is 1.10 bits per heavy atom. The quantitative estimate of drug-likeness (QED) is 0.932. The Kier molecular flexibility index (Phi) is 3.76. The van der Waals surface area contributed by atoms with E-state index in [2.05, 4.69) is 59.8 Å². The van der Waals surface area contributed by atoms with Gasteiger partial charge in [0.05, 0.1) is 17.1 Å². The van der Waals surface area contributed by atoms with Crippen molar-refractivity contribution >= 4 is 11.0 Å². The number of fused-ring (bicyclic) bond motifs is 1. The second-order valence-electron chi connectivity index (χ2n) is 5.88. The molecule has 4 heteroatoms. The fourth-order valence-corrected chi connectivity index (χ4v) is 3.13. The summed E-state index contributed by atoms with van der Waals surface area (Å²) in [4.78, 5) is 7.43. The molecule has 1 unspecified atom stereocenters. The number of nitrogens with zero attached hydrogens (tertiary/aromatic N) is 3. The van der Waals surface area contributed by atoms with Crippen LogP contribution in [0.25, 0.3) is 11.0 Å². The summed E-state index contributed by atoms with van der Waals surface area (Å²) in [7, 11) is 0. The predicted octanol–water partition coefficient (Wildman–Crippen LogP) is 2.58. The van der Waals surface area contributed by atoms with Gasteiger partial charge in [-0.2, -0.15) is 0 Å². The highest BCUT2D eigenvalue weighted by Gasteiger charge is 2.24. The first kappa shape index (κ1) is 13.6. The van der Waals surface area contributed by atoms with Crippen molar-refractivity contribution in [1.29, 1.82) is 0 Å². The van der Waals surface area contributed by atoms with E-state index in [0.29, 0.717) is 12.1 Å². The summed E-state index contributed by atoms with van der Waals surface area (Å²) in [6, 6.07) is 9.26. The van der Waals surface area contributed by atoms with Crippen LogP contribution in [0.3, 0.4) is 0 Å². The number of rotatable bonds is 3. The van der Waals surface area contributed by atoms with E-state index >= 15 is 0 Å². The summed E-state index contributed by atoms with van der Waals surface area (Å²) in [5.41, 5.74) is 2.36. The van der Waals surface area contributed by atoms with Crippen molar-refractivity contribution in [3.05, 3.63) is 30.1 Å². The van der Waals surface area contributed by atoms with Crippen molar-refractivity contribution in [2.75, 3.05) is 26.2 Å². The highest BCUT2D eigenvalue weighted by molar-refractivity contribution is 5.76. The van der Waals surface area contributed by atoms with Crippen molar-refractivity contribution in [3.63, 3.8) is 0 Å². The second kappa shape index (κ2) is 5.54. The summed E-state index contributed by atoms with van der Waals surface area (Å²) in [6.07, 6.45) is 0. The van der Waals surface area contributed by atoms with Crippen LogP contribution in [0, 0.1) is 0 Å². The van der Waals surface area contributed by atoms with Crippen LogP contribution < -0.4 is 5.32 Å². The number of piperazine rings is 1. The molecule has 1 fully saturated rings. The lowest BCUT2D eigenvalue weighted by molar-refractivity contribution is 0.175. The predicted molar refractivity (Wildman–Crippen MR) is 83.0 cm³/mol. The van der Waals surface area contributed by atoms with Crippen LogP contribution in [0.5, 0.6) is 0 Å². The SMILES string of the molecule is CC(c1nc2ccccc2n1C(C)C)N1CCNCC1. The van der Waals surface area contributed by atoms with Gasteiger partial charge in [0, 0.05) is 32.2 Å². The summed E-state index contributed by atoms with van der Waals surface area (Å²) in [6.45, 7) is 11.1. The molecule has 1 aliphatic heterocycles. The molecule has 108 valence electrons. The molecule has 1 saturated heterocycles. The molecule has 0 radical (unpaired) electrons. The zero-order chi connectivity index (χ0) is 14.1. The molecule has 0 bridgehead atoms. The van der Waals surface area contributed by atoms with Crippen molar-refractivity contribution < 1.29 is 0 Å². The Hall–Kier alpha value is -1.39. The lowest BCUT2D eigenvalue weighted by atomic mass is 10.2. The molecule has 0 spiro atoms. The zero-order valence-corrected chi connectivity index (χ0v) is 12.6. The van der Waals surface area contributed by atoms with Gasteiger partial charge in [0.1, 0.15) is 5.82 Å². The van der Waals surface area contributed by atoms with Crippen LogP contribution in [0.15, 0.2) is 24.3 Å². The molecule has 0 saturated carbocycles. The van der Waals surface area contributed by atoms with Crippen LogP contribution in [0.1, 0.15) is 38.7 Å². The van der Waals surface area contributed by atoms with E-state index in [0.717, 1.165) is 31.7 Å². The van der Waals surface area contributed by atoms with Gasteiger partial charge < -0.3 is 9.88 Å². The highest BCUT2D eigenvalue weighted by Crippen LogP contribution is 2.27. The lowest BCUT2D eigenvalue weighted by Gasteiger charge is -2.33. The molecule has 1 N–H and O–H groups in total. The molecule has 1 aliphatic rings. The number of para-hydroxylation sites is 2. The minimum absolute atomic E-state index is 0.368. The van der Waals surface area contributed by atoms with Gasteiger partial charge in [0.15, 0.2) is 0 Å². The third-order valence-corrected chi connectivity index (χ3v) is 4.21. The van der Waals surface area contributed by atoms with Gasteiger partial charge in [-0.3, -0.25) is 4.90 Å². The first-order chi connectivity index (χ1) is 9.68. The average molecular weight is 272 g/mol. The summed E-state index contributed by atoms with van der Waals surface area (Å²) >= 11 is 0. The van der Waals surface area contributed by atoms with E-state index in [9.17, 15) is 0 Å². The van der Waals surface area contributed by atoms with Gasteiger partial charge in [-0.15, -0.1) is 0 Å². The normalized spacial score (nSPS) is 18.8. The number of hydrogen-bond acceptors (Lipinski definition) is 3. The fourth-order valence-electron chi connectivity index (χ4n) is 3.13. The first-order valence-corrected chi connectivity index (χ1v) is 7.60. The Morgan fingerprint density at radius 2 is 1.80 bits per heavy atom. The topological polar surface area (TPSA) is 33.1 Å². The van der Waals surface area contributed by atoms with Gasteiger partial charge in [-0.05, 0) is 32.9 Å².